The lowest BCUT2D eigenvalue weighted by atomic mass is 9.67. The van der Waals surface area contributed by atoms with E-state index >= 15 is 0 Å². The standard InChI is InChI=1S/C50H52N4O6/c51-35-9-13-39-32(24-35)8-12-38(30-4-2-1-3-5-30)45(39)31-6-10-36(11-7-31)60-37-16-18-50(19-17-37)20-22-54(23-21-50)44(56)29-53-27-33-25-41-42(26-34(33)28-53)48(58)46(47(41)57)40-14-15-43(55)52-49(40)59/h1-7,9-11,13,24-26,37-38,40,45-46H,8,12,14-23,27-29,51H2,(H,52,55,59)/t38-,40?,45+/m1/s1. The number of carbonyl (C=O) groups is 5. The molecule has 1 unspecified atom stereocenters. The maximum atomic E-state index is 13.6. The van der Waals surface area contributed by atoms with Crippen molar-refractivity contribution in [2.75, 3.05) is 25.4 Å². The first-order valence-electron chi connectivity index (χ1n) is 21.9. The zero-order valence-electron chi connectivity index (χ0n) is 34.0. The number of nitrogens with two attached hydrogens (primary N) is 1. The molecule has 3 amide bonds. The third kappa shape index (κ3) is 7.12. The Morgan fingerprint density at radius 3 is 2.03 bits per heavy atom. The van der Waals surface area contributed by atoms with Gasteiger partial charge in [-0.25, -0.2) is 0 Å². The van der Waals surface area contributed by atoms with Crippen LogP contribution in [0.3, 0.4) is 0 Å². The highest BCUT2D eigenvalue weighted by atomic mass is 16.5. The Morgan fingerprint density at radius 1 is 0.700 bits per heavy atom. The lowest BCUT2D eigenvalue weighted by Crippen LogP contribution is -2.47. The van der Waals surface area contributed by atoms with E-state index in [-0.39, 0.29) is 60.2 Å². The summed E-state index contributed by atoms with van der Waals surface area (Å²) < 4.78 is 6.62. The van der Waals surface area contributed by atoms with Gasteiger partial charge in [-0.3, -0.25) is 34.2 Å². The van der Waals surface area contributed by atoms with Gasteiger partial charge in [-0.05, 0) is 139 Å². The first kappa shape index (κ1) is 38.6. The van der Waals surface area contributed by atoms with E-state index in [9.17, 15) is 24.0 Å². The molecule has 10 heteroatoms. The number of likely N-dealkylation sites (tertiary alicyclic amines) is 1. The minimum Gasteiger partial charge on any atom is -0.490 e. The Morgan fingerprint density at radius 2 is 1.37 bits per heavy atom. The van der Waals surface area contributed by atoms with Crippen molar-refractivity contribution in [2.45, 2.75) is 95.2 Å². The maximum Gasteiger partial charge on any atom is 0.236 e. The number of benzene rings is 4. The largest absolute Gasteiger partial charge is 0.490 e. The van der Waals surface area contributed by atoms with Gasteiger partial charge in [0.1, 0.15) is 5.75 Å². The number of piperidine rings is 2. The van der Waals surface area contributed by atoms with Crippen molar-refractivity contribution in [3.8, 4) is 5.75 Å². The van der Waals surface area contributed by atoms with Gasteiger partial charge in [0.2, 0.25) is 17.7 Å². The van der Waals surface area contributed by atoms with Gasteiger partial charge in [0.15, 0.2) is 11.6 Å². The number of nitrogen functional groups attached to an aromatic ring is 1. The van der Waals surface area contributed by atoms with Gasteiger partial charge in [-0.2, -0.15) is 0 Å². The summed E-state index contributed by atoms with van der Waals surface area (Å²) in [7, 11) is 0. The van der Waals surface area contributed by atoms with Crippen molar-refractivity contribution in [3.05, 3.63) is 129 Å². The van der Waals surface area contributed by atoms with Crippen molar-refractivity contribution in [2.24, 2.45) is 17.3 Å². The van der Waals surface area contributed by atoms with Crippen LogP contribution >= 0.6 is 0 Å². The average molecular weight is 805 g/mol. The Balaban J connectivity index is 0.711. The van der Waals surface area contributed by atoms with Gasteiger partial charge >= 0.3 is 0 Å². The summed E-state index contributed by atoms with van der Waals surface area (Å²) in [5.74, 6) is -1.80. The number of ketones is 2. The van der Waals surface area contributed by atoms with Gasteiger partial charge < -0.3 is 15.4 Å². The second-order valence-electron chi connectivity index (χ2n) is 18.3. The molecule has 1 spiro atoms. The van der Waals surface area contributed by atoms with E-state index < -0.39 is 17.7 Å². The number of fused-ring (bicyclic) bond motifs is 3. The number of hydrogen-bond donors (Lipinski definition) is 2. The fraction of sp³-hybridized carbons (Fsp3) is 0.420. The van der Waals surface area contributed by atoms with Crippen molar-refractivity contribution in [1.82, 2.24) is 15.1 Å². The van der Waals surface area contributed by atoms with Crippen LogP contribution in [0.5, 0.6) is 5.75 Å². The second-order valence-corrected chi connectivity index (χ2v) is 18.3. The summed E-state index contributed by atoms with van der Waals surface area (Å²) in [5, 5.41) is 2.28. The van der Waals surface area contributed by atoms with Crippen LogP contribution in [-0.4, -0.2) is 64.8 Å². The number of Topliss-reactive ketones (excluding diaryl/α,β-unsaturated/α-hetero) is 2. The van der Waals surface area contributed by atoms with Crippen LogP contribution in [0.4, 0.5) is 5.69 Å². The number of aryl methyl sites for hydroxylation is 1. The Kier molecular flexibility index (Phi) is 9.94. The van der Waals surface area contributed by atoms with Gasteiger partial charge in [-0.1, -0.05) is 48.5 Å². The quantitative estimate of drug-likeness (QED) is 0.114. The van der Waals surface area contributed by atoms with Gasteiger partial charge in [0.25, 0.3) is 0 Å². The van der Waals surface area contributed by atoms with Crippen LogP contribution in [0.15, 0.2) is 84.9 Å². The van der Waals surface area contributed by atoms with Crippen LogP contribution in [0.25, 0.3) is 0 Å². The van der Waals surface area contributed by atoms with Crippen molar-refractivity contribution in [3.63, 3.8) is 0 Å². The molecule has 3 atom stereocenters. The predicted octanol–water partition coefficient (Wildman–Crippen LogP) is 7.12. The highest BCUT2D eigenvalue weighted by Gasteiger charge is 2.48. The number of nitrogens with zero attached hydrogens (tertiary/aromatic N) is 2. The highest BCUT2D eigenvalue weighted by Crippen LogP contribution is 2.48. The average Bonchev–Trinajstić information content (AvgIpc) is 3.76. The molecule has 3 fully saturated rings. The molecule has 10 rings (SSSR count). The third-order valence-electron chi connectivity index (χ3n) is 14.8. The second kappa shape index (κ2) is 15.4. The number of hydrogen-bond acceptors (Lipinski definition) is 8. The summed E-state index contributed by atoms with van der Waals surface area (Å²) >= 11 is 0. The number of imide groups is 1. The molecule has 4 aromatic carbocycles. The Labute approximate surface area is 350 Å². The number of amides is 3. The van der Waals surface area contributed by atoms with Gasteiger partial charge in [0, 0.05) is 55.3 Å². The lowest BCUT2D eigenvalue weighted by molar-refractivity contribution is -0.137. The molecule has 308 valence electrons. The van der Waals surface area contributed by atoms with Crippen molar-refractivity contribution in [1.29, 1.82) is 0 Å². The van der Waals surface area contributed by atoms with Crippen LogP contribution in [0.1, 0.15) is 124 Å². The molecule has 3 N–H and O–H groups in total. The maximum absolute atomic E-state index is 13.6. The molecule has 6 aliphatic rings. The molecule has 0 bridgehead atoms. The molecule has 0 radical (unpaired) electrons. The predicted molar refractivity (Wildman–Crippen MR) is 226 cm³/mol. The highest BCUT2D eigenvalue weighted by molar-refractivity contribution is 6.28. The molecule has 4 aromatic rings. The molecule has 1 saturated carbocycles. The van der Waals surface area contributed by atoms with E-state index in [0.717, 1.165) is 87.0 Å². The van der Waals surface area contributed by atoms with Crippen LogP contribution in [-0.2, 0) is 33.9 Å². The molecule has 0 aromatic heterocycles. The molecule has 60 heavy (non-hydrogen) atoms. The summed E-state index contributed by atoms with van der Waals surface area (Å²) in [5.41, 5.74) is 15.3. The summed E-state index contributed by atoms with van der Waals surface area (Å²) in [6.45, 7) is 2.86. The molecule has 3 heterocycles. The zero-order valence-corrected chi connectivity index (χ0v) is 34.0. The van der Waals surface area contributed by atoms with E-state index in [1.807, 2.05) is 11.0 Å². The molecule has 2 saturated heterocycles. The van der Waals surface area contributed by atoms with E-state index in [1.54, 1.807) is 12.1 Å². The van der Waals surface area contributed by atoms with Crippen LogP contribution in [0, 0.1) is 17.3 Å². The molecule has 10 nitrogen and oxygen atoms in total. The normalized spacial score (nSPS) is 24.3. The number of nitrogens with one attached hydrogen (secondary N) is 1. The van der Waals surface area contributed by atoms with Crippen LogP contribution in [0.2, 0.25) is 0 Å². The fourth-order valence-electron chi connectivity index (χ4n) is 11.5. The number of rotatable bonds is 7. The summed E-state index contributed by atoms with van der Waals surface area (Å²) in [6.07, 6.45) is 8.85. The van der Waals surface area contributed by atoms with Gasteiger partial charge in [-0.15, -0.1) is 0 Å². The molecular formula is C50H52N4O6. The minimum atomic E-state index is -1.07. The smallest absolute Gasteiger partial charge is 0.236 e. The SMILES string of the molecule is Nc1ccc2c(c1)CC[C@H](c1ccccc1)[C@@H]2c1ccc(OC2CCC3(CC2)CCN(C(=O)CN2Cc4cc5c(cc4C2)C(=O)C(C2CCC(=O)NC2=O)C5=O)CC3)cc1. The van der Waals surface area contributed by atoms with Crippen molar-refractivity contribution >= 4 is 35.0 Å². The van der Waals surface area contributed by atoms with E-state index in [0.29, 0.717) is 30.1 Å². The topological polar surface area (TPSA) is 139 Å². The van der Waals surface area contributed by atoms with E-state index in [1.165, 1.54) is 22.3 Å². The Hall–Kier alpha value is -5.61. The molecule has 3 aliphatic heterocycles. The van der Waals surface area contributed by atoms with E-state index in [2.05, 4.69) is 76.9 Å². The summed E-state index contributed by atoms with van der Waals surface area (Å²) in [4.78, 5) is 68.7. The van der Waals surface area contributed by atoms with E-state index in [4.69, 9.17) is 10.5 Å². The number of carbonyl (C=O) groups excluding carboxylic acids is 5. The summed E-state index contributed by atoms with van der Waals surface area (Å²) in [6, 6.07) is 29.7. The fourth-order valence-corrected chi connectivity index (χ4v) is 11.5. The minimum absolute atomic E-state index is 0.117. The Bertz CT molecular complexity index is 2330. The van der Waals surface area contributed by atoms with Gasteiger partial charge in [0.05, 0.1) is 24.5 Å². The molecule has 3 aliphatic carbocycles. The first-order chi connectivity index (χ1) is 29.1. The van der Waals surface area contributed by atoms with Crippen LogP contribution < -0.4 is 15.8 Å². The monoisotopic (exact) mass is 804 g/mol. The molecular weight excluding hydrogens is 753 g/mol. The first-order valence-corrected chi connectivity index (χ1v) is 21.9. The lowest BCUT2D eigenvalue weighted by Gasteiger charge is -2.46. The number of ether oxygens (including phenoxy) is 1. The number of anilines is 1. The van der Waals surface area contributed by atoms with Crippen molar-refractivity contribution < 1.29 is 28.7 Å². The third-order valence-corrected chi connectivity index (χ3v) is 14.8. The zero-order chi connectivity index (χ0) is 41.1.